The third-order valence-corrected chi connectivity index (χ3v) is 5.54. The van der Waals surface area contributed by atoms with Crippen LogP contribution in [-0.2, 0) is 6.18 Å². The number of anilines is 2. The lowest BCUT2D eigenvalue weighted by molar-refractivity contribution is -0.137. The highest BCUT2D eigenvalue weighted by Crippen LogP contribution is 2.36. The maximum Gasteiger partial charge on any atom is 0.417 e. The summed E-state index contributed by atoms with van der Waals surface area (Å²) in [7, 11) is 3.21. The van der Waals surface area contributed by atoms with Gasteiger partial charge < -0.3 is 15.0 Å². The molecular formula is C26H20ClF3N4O3. The number of pyridine rings is 1. The lowest BCUT2D eigenvalue weighted by atomic mass is 10.1. The van der Waals surface area contributed by atoms with E-state index in [2.05, 4.69) is 15.6 Å². The Kier molecular flexibility index (Phi) is 7.21. The molecule has 0 radical (unpaired) electrons. The number of carbonyl (C=O) groups excluding carboxylic acids is 2. The summed E-state index contributed by atoms with van der Waals surface area (Å²) in [6.45, 7) is 0. The van der Waals surface area contributed by atoms with E-state index in [4.69, 9.17) is 16.3 Å². The quantitative estimate of drug-likeness (QED) is 0.291. The molecule has 37 heavy (non-hydrogen) atoms. The van der Waals surface area contributed by atoms with E-state index in [0.717, 1.165) is 17.5 Å². The predicted octanol–water partition coefficient (Wildman–Crippen LogP) is 7.05. The van der Waals surface area contributed by atoms with Crippen LogP contribution in [0.2, 0.25) is 5.02 Å². The fourth-order valence-corrected chi connectivity index (χ4v) is 3.58. The number of aromatic nitrogens is 1. The molecular weight excluding hydrogens is 509 g/mol. The zero-order valence-electron chi connectivity index (χ0n) is 19.6. The number of rotatable bonds is 5. The van der Waals surface area contributed by atoms with Gasteiger partial charge in [-0.05, 0) is 59.3 Å². The topological polar surface area (TPSA) is 83.6 Å². The molecule has 1 aromatic heterocycles. The van der Waals surface area contributed by atoms with E-state index in [1.165, 1.54) is 17.2 Å². The lowest BCUT2D eigenvalue weighted by Crippen LogP contribution is -2.27. The second kappa shape index (κ2) is 10.4. The average molecular weight is 529 g/mol. The number of nitrogens with zero attached hydrogens (tertiary/aromatic N) is 2. The van der Waals surface area contributed by atoms with Crippen LogP contribution < -0.4 is 15.4 Å². The fraction of sp³-hybridized carbons (Fsp3) is 0.115. The molecule has 0 fully saturated rings. The molecule has 3 aromatic carbocycles. The van der Waals surface area contributed by atoms with Crippen molar-refractivity contribution in [3.63, 3.8) is 0 Å². The summed E-state index contributed by atoms with van der Waals surface area (Å²) in [5.74, 6) is 0.625. The summed E-state index contributed by atoms with van der Waals surface area (Å²) in [5, 5.41) is 6.15. The van der Waals surface area contributed by atoms with Crippen molar-refractivity contribution in [3.8, 4) is 11.5 Å². The maximum absolute atomic E-state index is 13.1. The van der Waals surface area contributed by atoms with Crippen molar-refractivity contribution in [1.82, 2.24) is 9.88 Å². The van der Waals surface area contributed by atoms with Gasteiger partial charge in [-0.25, -0.2) is 9.78 Å². The average Bonchev–Trinajstić information content (AvgIpc) is 2.84. The SMILES string of the molecule is CN(C)C(=O)Nc1cc(Oc2ccc3ccc(C(=O)Nc4ccc(Cl)c(C(F)(F)F)c4)cc3c2)ccn1. The molecule has 190 valence electrons. The number of benzene rings is 3. The Bertz CT molecular complexity index is 1490. The highest BCUT2D eigenvalue weighted by atomic mass is 35.5. The molecule has 0 unspecified atom stereocenters. The normalized spacial score (nSPS) is 11.2. The number of alkyl halides is 3. The van der Waals surface area contributed by atoms with E-state index in [1.807, 2.05) is 0 Å². The van der Waals surface area contributed by atoms with E-state index in [-0.39, 0.29) is 17.3 Å². The predicted molar refractivity (Wildman–Crippen MR) is 135 cm³/mol. The Morgan fingerprint density at radius 2 is 1.62 bits per heavy atom. The van der Waals surface area contributed by atoms with Gasteiger partial charge in [0.1, 0.15) is 17.3 Å². The first-order valence-electron chi connectivity index (χ1n) is 10.8. The molecule has 11 heteroatoms. The van der Waals surface area contributed by atoms with Crippen molar-refractivity contribution in [2.24, 2.45) is 0 Å². The number of hydrogen-bond donors (Lipinski definition) is 2. The molecule has 0 saturated heterocycles. The van der Waals surface area contributed by atoms with Crippen molar-refractivity contribution in [2.75, 3.05) is 24.7 Å². The van der Waals surface area contributed by atoms with Gasteiger partial charge in [-0.2, -0.15) is 13.2 Å². The van der Waals surface area contributed by atoms with Crippen LogP contribution in [0.4, 0.5) is 29.5 Å². The van der Waals surface area contributed by atoms with Crippen molar-refractivity contribution >= 4 is 45.8 Å². The molecule has 7 nitrogen and oxygen atoms in total. The minimum absolute atomic E-state index is 0.0336. The third kappa shape index (κ3) is 6.28. The maximum atomic E-state index is 13.1. The molecule has 1 heterocycles. The number of urea groups is 1. The Morgan fingerprint density at radius 3 is 2.35 bits per heavy atom. The number of fused-ring (bicyclic) bond motifs is 1. The molecule has 0 bridgehead atoms. The van der Waals surface area contributed by atoms with Gasteiger partial charge in [0, 0.05) is 37.6 Å². The van der Waals surface area contributed by atoms with Gasteiger partial charge in [-0.3, -0.25) is 10.1 Å². The van der Waals surface area contributed by atoms with Crippen LogP contribution in [0.1, 0.15) is 15.9 Å². The fourth-order valence-electron chi connectivity index (χ4n) is 3.35. The van der Waals surface area contributed by atoms with Crippen LogP contribution in [0, 0.1) is 0 Å². The van der Waals surface area contributed by atoms with Gasteiger partial charge in [-0.1, -0.05) is 23.7 Å². The first kappa shape index (κ1) is 25.8. The number of nitrogens with one attached hydrogen (secondary N) is 2. The second-order valence-electron chi connectivity index (χ2n) is 8.17. The van der Waals surface area contributed by atoms with Crippen molar-refractivity contribution in [3.05, 3.63) is 89.1 Å². The standard InChI is InChI=1S/C26H20ClF3N4O3/c1-34(2)25(36)33-23-14-20(9-10-31-23)37-19-7-5-15-3-4-16(11-17(15)12-19)24(35)32-18-6-8-22(27)21(13-18)26(28,29)30/h3-14H,1-2H3,(H,32,35)(H,31,33,36). The minimum atomic E-state index is -4.65. The first-order valence-corrected chi connectivity index (χ1v) is 11.2. The minimum Gasteiger partial charge on any atom is -0.457 e. The molecule has 0 aliphatic carbocycles. The molecule has 0 spiro atoms. The van der Waals surface area contributed by atoms with Crippen LogP contribution in [0.15, 0.2) is 72.9 Å². The van der Waals surface area contributed by atoms with Gasteiger partial charge in [0.2, 0.25) is 0 Å². The molecule has 0 saturated carbocycles. The number of amides is 3. The molecule has 0 aliphatic rings. The number of halogens is 4. The Balaban J connectivity index is 1.53. The molecule has 2 N–H and O–H groups in total. The van der Waals surface area contributed by atoms with Crippen LogP contribution in [-0.4, -0.2) is 35.9 Å². The van der Waals surface area contributed by atoms with Gasteiger partial charge >= 0.3 is 12.2 Å². The highest BCUT2D eigenvalue weighted by Gasteiger charge is 2.33. The van der Waals surface area contributed by atoms with E-state index in [9.17, 15) is 22.8 Å². The zero-order valence-corrected chi connectivity index (χ0v) is 20.3. The summed E-state index contributed by atoms with van der Waals surface area (Å²) >= 11 is 5.65. The van der Waals surface area contributed by atoms with E-state index < -0.39 is 22.7 Å². The van der Waals surface area contributed by atoms with Gasteiger partial charge in [-0.15, -0.1) is 0 Å². The van der Waals surface area contributed by atoms with Crippen LogP contribution in [0.25, 0.3) is 10.8 Å². The zero-order chi connectivity index (χ0) is 26.7. The number of ether oxygens (including phenoxy) is 1. The van der Waals surface area contributed by atoms with Crippen molar-refractivity contribution < 1.29 is 27.5 Å². The summed E-state index contributed by atoms with van der Waals surface area (Å²) in [5.41, 5.74) is -0.827. The monoisotopic (exact) mass is 528 g/mol. The van der Waals surface area contributed by atoms with Gasteiger partial charge in [0.15, 0.2) is 0 Å². The van der Waals surface area contributed by atoms with Crippen molar-refractivity contribution in [1.29, 1.82) is 0 Å². The smallest absolute Gasteiger partial charge is 0.417 e. The Morgan fingerprint density at radius 1 is 0.892 bits per heavy atom. The van der Waals surface area contributed by atoms with Crippen LogP contribution in [0.3, 0.4) is 0 Å². The Hall–Kier alpha value is -4.31. The third-order valence-electron chi connectivity index (χ3n) is 5.21. The van der Waals surface area contributed by atoms with Gasteiger partial charge in [0.05, 0.1) is 10.6 Å². The Labute approximate surface area is 214 Å². The molecule has 0 atom stereocenters. The molecule has 4 aromatic rings. The lowest BCUT2D eigenvalue weighted by Gasteiger charge is -2.13. The van der Waals surface area contributed by atoms with Crippen molar-refractivity contribution in [2.45, 2.75) is 6.18 Å². The molecule has 4 rings (SSSR count). The van der Waals surface area contributed by atoms with Gasteiger partial charge in [0.25, 0.3) is 5.91 Å². The van der Waals surface area contributed by atoms with E-state index in [0.29, 0.717) is 22.7 Å². The van der Waals surface area contributed by atoms with Crippen LogP contribution in [0.5, 0.6) is 11.5 Å². The summed E-state index contributed by atoms with van der Waals surface area (Å²) < 4.78 is 45.3. The number of carbonyl (C=O) groups is 2. The summed E-state index contributed by atoms with van der Waals surface area (Å²) in [6.07, 6.45) is -3.16. The molecule has 3 amide bonds. The molecule has 0 aliphatic heterocycles. The van der Waals surface area contributed by atoms with E-state index >= 15 is 0 Å². The van der Waals surface area contributed by atoms with Crippen LogP contribution >= 0.6 is 11.6 Å². The van der Waals surface area contributed by atoms with E-state index in [1.54, 1.807) is 62.6 Å². The second-order valence-corrected chi connectivity index (χ2v) is 8.58. The highest BCUT2D eigenvalue weighted by molar-refractivity contribution is 6.31. The first-order chi connectivity index (χ1) is 17.5. The number of hydrogen-bond acceptors (Lipinski definition) is 4. The summed E-state index contributed by atoms with van der Waals surface area (Å²) in [6, 6.07) is 16.2. The largest absolute Gasteiger partial charge is 0.457 e. The summed E-state index contributed by atoms with van der Waals surface area (Å²) in [4.78, 5) is 30.1.